The summed E-state index contributed by atoms with van der Waals surface area (Å²) in [6.07, 6.45) is -0.183. The largest absolute Gasteiger partial charge is 0.359 e. The molecule has 0 aromatic rings. The Labute approximate surface area is 80.8 Å². The van der Waals surface area contributed by atoms with Gasteiger partial charge >= 0.3 is 0 Å². The van der Waals surface area contributed by atoms with Crippen molar-refractivity contribution in [3.63, 3.8) is 0 Å². The average Bonchev–Trinajstić information content (AvgIpc) is 2.00. The van der Waals surface area contributed by atoms with Crippen LogP contribution in [0.3, 0.4) is 0 Å². The van der Waals surface area contributed by atoms with Gasteiger partial charge in [0.15, 0.2) is 0 Å². The van der Waals surface area contributed by atoms with Crippen LogP contribution in [0.1, 0.15) is 34.6 Å². The van der Waals surface area contributed by atoms with E-state index in [-0.39, 0.29) is 18.1 Å². The SMILES string of the molecule is CC(C)COC(C)NC(=O)C(C)C. The molecule has 1 atom stereocenters. The van der Waals surface area contributed by atoms with Crippen LogP contribution < -0.4 is 5.32 Å². The van der Waals surface area contributed by atoms with Gasteiger partial charge in [0.05, 0.1) is 6.61 Å². The van der Waals surface area contributed by atoms with Crippen molar-refractivity contribution < 1.29 is 9.53 Å². The molecule has 1 N–H and O–H groups in total. The second-order valence-corrected chi connectivity index (χ2v) is 4.03. The molecule has 0 aromatic carbocycles. The third-order valence-corrected chi connectivity index (χ3v) is 1.55. The van der Waals surface area contributed by atoms with Gasteiger partial charge in [0.25, 0.3) is 0 Å². The first-order valence-corrected chi connectivity index (χ1v) is 4.85. The minimum absolute atomic E-state index is 0.0186. The van der Waals surface area contributed by atoms with E-state index in [2.05, 4.69) is 19.2 Å². The van der Waals surface area contributed by atoms with Gasteiger partial charge in [-0.05, 0) is 12.8 Å². The number of carbonyl (C=O) groups excluding carboxylic acids is 1. The first-order valence-electron chi connectivity index (χ1n) is 4.85. The molecule has 0 spiro atoms. The molecule has 1 amide bonds. The minimum atomic E-state index is -0.183. The molecule has 0 bridgehead atoms. The minimum Gasteiger partial charge on any atom is -0.359 e. The summed E-state index contributed by atoms with van der Waals surface area (Å²) < 4.78 is 5.39. The van der Waals surface area contributed by atoms with Gasteiger partial charge in [-0.3, -0.25) is 4.79 Å². The summed E-state index contributed by atoms with van der Waals surface area (Å²) in [4.78, 5) is 11.2. The molecule has 1 unspecified atom stereocenters. The van der Waals surface area contributed by atoms with Gasteiger partial charge in [0.2, 0.25) is 5.91 Å². The molecule has 13 heavy (non-hydrogen) atoms. The van der Waals surface area contributed by atoms with E-state index in [1.807, 2.05) is 20.8 Å². The van der Waals surface area contributed by atoms with E-state index in [0.29, 0.717) is 12.5 Å². The highest BCUT2D eigenvalue weighted by molar-refractivity contribution is 5.77. The lowest BCUT2D eigenvalue weighted by molar-refractivity contribution is -0.128. The van der Waals surface area contributed by atoms with Crippen molar-refractivity contribution in [1.29, 1.82) is 0 Å². The van der Waals surface area contributed by atoms with E-state index in [9.17, 15) is 4.79 Å². The van der Waals surface area contributed by atoms with Crippen LogP contribution in [0.2, 0.25) is 0 Å². The van der Waals surface area contributed by atoms with Crippen LogP contribution in [0.25, 0.3) is 0 Å². The zero-order valence-electron chi connectivity index (χ0n) is 9.26. The summed E-state index contributed by atoms with van der Waals surface area (Å²) in [6, 6.07) is 0. The lowest BCUT2D eigenvalue weighted by atomic mass is 10.2. The molecule has 3 heteroatoms. The van der Waals surface area contributed by atoms with Crippen molar-refractivity contribution in [3.05, 3.63) is 0 Å². The molecule has 78 valence electrons. The molecule has 0 aliphatic heterocycles. The molecule has 0 rings (SSSR count). The maximum absolute atomic E-state index is 11.2. The van der Waals surface area contributed by atoms with Crippen LogP contribution >= 0.6 is 0 Å². The Bertz CT molecular complexity index is 155. The molecule has 0 aromatic heterocycles. The fourth-order valence-electron chi connectivity index (χ4n) is 0.745. The van der Waals surface area contributed by atoms with Crippen molar-refractivity contribution in [2.75, 3.05) is 6.61 Å². The van der Waals surface area contributed by atoms with Gasteiger partial charge < -0.3 is 10.1 Å². The van der Waals surface area contributed by atoms with Crippen molar-refractivity contribution >= 4 is 5.91 Å². The lowest BCUT2D eigenvalue weighted by Gasteiger charge is -2.17. The van der Waals surface area contributed by atoms with Gasteiger partial charge in [-0.25, -0.2) is 0 Å². The Hall–Kier alpha value is -0.570. The third kappa shape index (κ3) is 6.58. The molecule has 0 aliphatic carbocycles. The number of ether oxygens (including phenoxy) is 1. The molecular weight excluding hydrogens is 166 g/mol. The zero-order chi connectivity index (χ0) is 10.4. The molecular formula is C10H21NO2. The van der Waals surface area contributed by atoms with Crippen LogP contribution in [-0.4, -0.2) is 18.7 Å². The highest BCUT2D eigenvalue weighted by Crippen LogP contribution is 1.97. The summed E-state index contributed by atoms with van der Waals surface area (Å²) in [5.41, 5.74) is 0. The van der Waals surface area contributed by atoms with E-state index in [4.69, 9.17) is 4.74 Å². The van der Waals surface area contributed by atoms with Crippen molar-refractivity contribution in [2.45, 2.75) is 40.8 Å². The number of rotatable bonds is 5. The third-order valence-electron chi connectivity index (χ3n) is 1.55. The van der Waals surface area contributed by atoms with Gasteiger partial charge in [-0.15, -0.1) is 0 Å². The van der Waals surface area contributed by atoms with E-state index < -0.39 is 0 Å². The molecule has 0 saturated heterocycles. The Morgan fingerprint density at radius 2 is 1.77 bits per heavy atom. The first kappa shape index (κ1) is 12.4. The molecule has 0 saturated carbocycles. The Balaban J connectivity index is 3.62. The Morgan fingerprint density at radius 1 is 1.23 bits per heavy atom. The number of nitrogens with one attached hydrogen (secondary N) is 1. The predicted octanol–water partition coefficient (Wildman–Crippen LogP) is 1.78. The summed E-state index contributed by atoms with van der Waals surface area (Å²) in [5, 5.41) is 2.77. The fraction of sp³-hybridized carbons (Fsp3) is 0.900. The summed E-state index contributed by atoms with van der Waals surface area (Å²) >= 11 is 0. The van der Waals surface area contributed by atoms with Crippen molar-refractivity contribution in [3.8, 4) is 0 Å². The smallest absolute Gasteiger partial charge is 0.224 e. The second kappa shape index (κ2) is 5.97. The maximum Gasteiger partial charge on any atom is 0.224 e. The highest BCUT2D eigenvalue weighted by atomic mass is 16.5. The van der Waals surface area contributed by atoms with Crippen LogP contribution in [0.15, 0.2) is 0 Å². The zero-order valence-corrected chi connectivity index (χ0v) is 9.26. The van der Waals surface area contributed by atoms with Gasteiger partial charge in [0, 0.05) is 5.92 Å². The number of carbonyl (C=O) groups is 1. The summed E-state index contributed by atoms with van der Waals surface area (Å²) in [7, 11) is 0. The standard InChI is InChI=1S/C10H21NO2/c1-7(2)6-13-9(5)11-10(12)8(3)4/h7-9H,6H2,1-5H3,(H,11,12). The van der Waals surface area contributed by atoms with E-state index in [1.165, 1.54) is 0 Å². The van der Waals surface area contributed by atoms with Crippen LogP contribution in [0, 0.1) is 11.8 Å². The van der Waals surface area contributed by atoms with E-state index in [1.54, 1.807) is 0 Å². The maximum atomic E-state index is 11.2. The molecule has 0 radical (unpaired) electrons. The fourth-order valence-corrected chi connectivity index (χ4v) is 0.745. The van der Waals surface area contributed by atoms with Gasteiger partial charge in [-0.1, -0.05) is 27.7 Å². The van der Waals surface area contributed by atoms with Crippen LogP contribution in [-0.2, 0) is 9.53 Å². The van der Waals surface area contributed by atoms with Crippen molar-refractivity contribution in [2.24, 2.45) is 11.8 Å². The number of hydrogen-bond donors (Lipinski definition) is 1. The summed E-state index contributed by atoms with van der Waals surface area (Å²) in [6.45, 7) is 10.4. The molecule has 0 fully saturated rings. The average molecular weight is 187 g/mol. The number of hydrogen-bond acceptors (Lipinski definition) is 2. The highest BCUT2D eigenvalue weighted by Gasteiger charge is 2.10. The van der Waals surface area contributed by atoms with Crippen LogP contribution in [0.5, 0.6) is 0 Å². The van der Waals surface area contributed by atoms with E-state index >= 15 is 0 Å². The lowest BCUT2D eigenvalue weighted by Crippen LogP contribution is -2.37. The Kier molecular flexibility index (Phi) is 5.71. The topological polar surface area (TPSA) is 38.3 Å². The van der Waals surface area contributed by atoms with Crippen LogP contribution in [0.4, 0.5) is 0 Å². The van der Waals surface area contributed by atoms with Gasteiger partial charge in [0.1, 0.15) is 6.23 Å². The number of amides is 1. The van der Waals surface area contributed by atoms with Crippen molar-refractivity contribution in [1.82, 2.24) is 5.32 Å². The predicted molar refractivity (Wildman–Crippen MR) is 53.2 cm³/mol. The summed E-state index contributed by atoms with van der Waals surface area (Å²) in [5.74, 6) is 0.555. The van der Waals surface area contributed by atoms with Gasteiger partial charge in [-0.2, -0.15) is 0 Å². The molecule has 0 aliphatic rings. The second-order valence-electron chi connectivity index (χ2n) is 4.03. The first-order chi connectivity index (χ1) is 5.93. The van der Waals surface area contributed by atoms with E-state index in [0.717, 1.165) is 0 Å². The molecule has 0 heterocycles. The Morgan fingerprint density at radius 3 is 2.15 bits per heavy atom. The quantitative estimate of drug-likeness (QED) is 0.666. The molecule has 3 nitrogen and oxygen atoms in total. The monoisotopic (exact) mass is 187 g/mol. The normalized spacial score (nSPS) is 13.5.